The van der Waals surface area contributed by atoms with Gasteiger partial charge < -0.3 is 5.32 Å². The Morgan fingerprint density at radius 2 is 2.00 bits per heavy atom. The van der Waals surface area contributed by atoms with Crippen molar-refractivity contribution in [1.82, 2.24) is 5.32 Å². The Kier molecular flexibility index (Phi) is 2.99. The predicted octanol–water partition coefficient (Wildman–Crippen LogP) is 1.75. The van der Waals surface area contributed by atoms with Crippen molar-refractivity contribution in [3.05, 3.63) is 0 Å². The van der Waals surface area contributed by atoms with Gasteiger partial charge in [-0.1, -0.05) is 0 Å². The summed E-state index contributed by atoms with van der Waals surface area (Å²) < 4.78 is 0. The van der Waals surface area contributed by atoms with Crippen LogP contribution in [0.4, 0.5) is 0 Å². The molecule has 74 valence electrons. The molecule has 1 unspecified atom stereocenters. The highest BCUT2D eigenvalue weighted by Gasteiger charge is 2.30. The van der Waals surface area contributed by atoms with Crippen LogP contribution < -0.4 is 5.32 Å². The van der Waals surface area contributed by atoms with E-state index < -0.39 is 0 Å². The fraction of sp³-hybridized carbons (Fsp3) is 0.909. The molecule has 0 aromatic rings. The van der Waals surface area contributed by atoms with Crippen LogP contribution in [0.3, 0.4) is 0 Å². The van der Waals surface area contributed by atoms with E-state index in [9.17, 15) is 4.79 Å². The summed E-state index contributed by atoms with van der Waals surface area (Å²) in [6.07, 6.45) is 6.92. The third kappa shape index (κ3) is 2.80. The van der Waals surface area contributed by atoms with Gasteiger partial charge in [0.1, 0.15) is 5.78 Å². The highest BCUT2D eigenvalue weighted by Crippen LogP contribution is 2.33. The lowest BCUT2D eigenvalue weighted by Gasteiger charge is -2.11. The van der Waals surface area contributed by atoms with Crippen LogP contribution in [0.2, 0.25) is 0 Å². The lowest BCUT2D eigenvalue weighted by Crippen LogP contribution is -2.15. The second-order valence-electron chi connectivity index (χ2n) is 4.49. The third-order valence-corrected chi connectivity index (χ3v) is 3.22. The Morgan fingerprint density at radius 3 is 2.77 bits per heavy atom. The van der Waals surface area contributed by atoms with E-state index in [-0.39, 0.29) is 0 Å². The molecule has 2 heteroatoms. The fourth-order valence-electron chi connectivity index (χ4n) is 2.15. The molecule has 2 aliphatic rings. The number of rotatable bonds is 3. The molecule has 1 aliphatic heterocycles. The zero-order chi connectivity index (χ0) is 9.10. The smallest absolute Gasteiger partial charge is 0.136 e. The molecule has 0 spiro atoms. The molecule has 2 rings (SSSR count). The summed E-state index contributed by atoms with van der Waals surface area (Å²) in [6.45, 7) is 2.26. The minimum Gasteiger partial charge on any atom is -0.317 e. The second-order valence-corrected chi connectivity index (χ2v) is 4.49. The van der Waals surface area contributed by atoms with Crippen LogP contribution >= 0.6 is 0 Å². The fourth-order valence-corrected chi connectivity index (χ4v) is 2.15. The molecular formula is C11H19NO. The average Bonchev–Trinajstić information content (AvgIpc) is 2.92. The Balaban J connectivity index is 1.74. The summed E-state index contributed by atoms with van der Waals surface area (Å²) in [6, 6.07) is 0. The van der Waals surface area contributed by atoms with E-state index in [2.05, 4.69) is 5.32 Å². The van der Waals surface area contributed by atoms with E-state index in [4.69, 9.17) is 0 Å². The topological polar surface area (TPSA) is 29.1 Å². The van der Waals surface area contributed by atoms with Gasteiger partial charge in [0.05, 0.1) is 0 Å². The van der Waals surface area contributed by atoms with Crippen LogP contribution in [0.15, 0.2) is 0 Å². The van der Waals surface area contributed by atoms with E-state index >= 15 is 0 Å². The molecule has 0 aromatic heterocycles. The minimum absolute atomic E-state index is 0.469. The van der Waals surface area contributed by atoms with Crippen molar-refractivity contribution in [2.75, 3.05) is 13.1 Å². The van der Waals surface area contributed by atoms with E-state index in [1.54, 1.807) is 0 Å². The highest BCUT2D eigenvalue weighted by molar-refractivity contribution is 5.83. The van der Waals surface area contributed by atoms with E-state index in [0.29, 0.717) is 17.6 Å². The number of ketones is 1. The molecule has 1 N–H and O–H groups in total. The zero-order valence-corrected chi connectivity index (χ0v) is 8.22. The van der Waals surface area contributed by atoms with Crippen LogP contribution in [-0.4, -0.2) is 18.9 Å². The maximum absolute atomic E-state index is 11.6. The standard InChI is InChI=1S/C11H19NO/c13-11(10-3-4-10)8-9-2-1-6-12-7-5-9/h9-10,12H,1-8H2. The number of carbonyl (C=O) groups excluding carboxylic acids is 1. The summed E-state index contributed by atoms with van der Waals surface area (Å²) in [5.74, 6) is 1.70. The number of hydrogen-bond acceptors (Lipinski definition) is 2. The maximum Gasteiger partial charge on any atom is 0.136 e. The van der Waals surface area contributed by atoms with Crippen LogP contribution in [-0.2, 0) is 4.79 Å². The van der Waals surface area contributed by atoms with Crippen molar-refractivity contribution in [2.45, 2.75) is 38.5 Å². The first-order valence-corrected chi connectivity index (χ1v) is 5.59. The number of Topliss-reactive ketones (excluding diaryl/α,β-unsaturated/α-hetero) is 1. The normalized spacial score (nSPS) is 29.7. The van der Waals surface area contributed by atoms with Crippen molar-refractivity contribution in [3.8, 4) is 0 Å². The van der Waals surface area contributed by atoms with E-state index in [1.165, 1.54) is 32.1 Å². The largest absolute Gasteiger partial charge is 0.317 e. The Hall–Kier alpha value is -0.370. The van der Waals surface area contributed by atoms with Crippen LogP contribution in [0.1, 0.15) is 38.5 Å². The lowest BCUT2D eigenvalue weighted by atomic mass is 9.93. The van der Waals surface area contributed by atoms with Crippen molar-refractivity contribution < 1.29 is 4.79 Å². The Morgan fingerprint density at radius 1 is 1.15 bits per heavy atom. The summed E-state index contributed by atoms with van der Waals surface area (Å²) in [5.41, 5.74) is 0. The molecule has 0 amide bonds. The molecule has 1 saturated carbocycles. The van der Waals surface area contributed by atoms with Crippen LogP contribution in [0.5, 0.6) is 0 Å². The summed E-state index contributed by atoms with van der Waals surface area (Å²) >= 11 is 0. The van der Waals surface area contributed by atoms with Crippen molar-refractivity contribution in [2.24, 2.45) is 11.8 Å². The molecule has 0 radical (unpaired) electrons. The van der Waals surface area contributed by atoms with Gasteiger partial charge in [-0.05, 0) is 51.1 Å². The van der Waals surface area contributed by atoms with Gasteiger partial charge in [-0.25, -0.2) is 0 Å². The SMILES string of the molecule is O=C(CC1CCCNCC1)C1CC1. The van der Waals surface area contributed by atoms with Gasteiger partial charge in [0.25, 0.3) is 0 Å². The highest BCUT2D eigenvalue weighted by atomic mass is 16.1. The Bertz CT molecular complexity index is 179. The number of hydrogen-bond donors (Lipinski definition) is 1. The van der Waals surface area contributed by atoms with Crippen molar-refractivity contribution in [3.63, 3.8) is 0 Å². The molecule has 1 aliphatic carbocycles. The molecule has 2 nitrogen and oxygen atoms in total. The van der Waals surface area contributed by atoms with Gasteiger partial charge in [-0.3, -0.25) is 4.79 Å². The first-order valence-electron chi connectivity index (χ1n) is 5.59. The molecule has 1 heterocycles. The van der Waals surface area contributed by atoms with Gasteiger partial charge >= 0.3 is 0 Å². The van der Waals surface area contributed by atoms with E-state index in [1.807, 2.05) is 0 Å². The third-order valence-electron chi connectivity index (χ3n) is 3.22. The first-order chi connectivity index (χ1) is 6.36. The molecule has 13 heavy (non-hydrogen) atoms. The summed E-state index contributed by atoms with van der Waals surface area (Å²) in [7, 11) is 0. The van der Waals surface area contributed by atoms with Crippen LogP contribution in [0.25, 0.3) is 0 Å². The monoisotopic (exact) mass is 181 g/mol. The zero-order valence-electron chi connectivity index (χ0n) is 8.22. The number of nitrogens with one attached hydrogen (secondary N) is 1. The quantitative estimate of drug-likeness (QED) is 0.718. The van der Waals surface area contributed by atoms with Gasteiger partial charge in [0, 0.05) is 12.3 Å². The summed E-state index contributed by atoms with van der Waals surface area (Å²) in [5, 5.41) is 3.38. The molecule has 1 saturated heterocycles. The van der Waals surface area contributed by atoms with Gasteiger partial charge in [-0.2, -0.15) is 0 Å². The lowest BCUT2D eigenvalue weighted by molar-refractivity contribution is -0.121. The van der Waals surface area contributed by atoms with Gasteiger partial charge in [0.15, 0.2) is 0 Å². The molecule has 2 fully saturated rings. The molecule has 0 aromatic carbocycles. The number of carbonyl (C=O) groups is 1. The second kappa shape index (κ2) is 4.23. The summed E-state index contributed by atoms with van der Waals surface area (Å²) in [4.78, 5) is 11.6. The molecule has 0 bridgehead atoms. The maximum atomic E-state index is 11.6. The molecule has 1 atom stereocenters. The van der Waals surface area contributed by atoms with Gasteiger partial charge in [-0.15, -0.1) is 0 Å². The van der Waals surface area contributed by atoms with Crippen molar-refractivity contribution in [1.29, 1.82) is 0 Å². The average molecular weight is 181 g/mol. The first kappa shape index (κ1) is 9.20. The van der Waals surface area contributed by atoms with Crippen LogP contribution in [0, 0.1) is 11.8 Å². The van der Waals surface area contributed by atoms with Gasteiger partial charge in [0.2, 0.25) is 0 Å². The van der Waals surface area contributed by atoms with Crippen molar-refractivity contribution >= 4 is 5.78 Å². The minimum atomic E-state index is 0.469. The Labute approximate surface area is 80.1 Å². The van der Waals surface area contributed by atoms with E-state index in [0.717, 1.165) is 19.5 Å². The predicted molar refractivity (Wildman–Crippen MR) is 52.6 cm³/mol. The molecular weight excluding hydrogens is 162 g/mol.